The molecule has 1 aliphatic heterocycles. The van der Waals surface area contributed by atoms with Crippen LogP contribution in [0.25, 0.3) is 16.7 Å². The Bertz CT molecular complexity index is 1360. The maximum atomic E-state index is 11.7. The summed E-state index contributed by atoms with van der Waals surface area (Å²) in [5.41, 5.74) is 7.26. The quantitative estimate of drug-likeness (QED) is 0.394. The minimum atomic E-state index is -0.221. The third-order valence-electron chi connectivity index (χ3n) is 6.39. The monoisotopic (exact) mass is 457 g/mol. The molecule has 0 bridgehead atoms. The van der Waals surface area contributed by atoms with Crippen molar-refractivity contribution in [3.8, 4) is 17.4 Å². The van der Waals surface area contributed by atoms with Crippen LogP contribution in [0.3, 0.4) is 0 Å². The molecular formula is C27H27N3O4. The second-order valence-electron chi connectivity index (χ2n) is 8.38. The Hall–Kier alpha value is -4.00. The number of nitrogens with zero attached hydrogens (tertiary/aromatic N) is 2. The zero-order valence-electron chi connectivity index (χ0n) is 19.5. The number of carbonyl (C=O) groups excluding carboxylic acids is 1. The first-order valence-corrected chi connectivity index (χ1v) is 11.3. The molecule has 0 spiro atoms. The van der Waals surface area contributed by atoms with Crippen molar-refractivity contribution in [1.29, 1.82) is 0 Å². The normalized spacial score (nSPS) is 14.5. The molecule has 1 atom stereocenters. The molecule has 0 saturated heterocycles. The molecule has 0 radical (unpaired) electrons. The second kappa shape index (κ2) is 9.09. The zero-order chi connectivity index (χ0) is 23.7. The van der Waals surface area contributed by atoms with Crippen molar-refractivity contribution in [1.82, 2.24) is 9.55 Å². The molecule has 0 saturated carbocycles. The van der Waals surface area contributed by atoms with Crippen molar-refractivity contribution < 1.29 is 19.0 Å². The Morgan fingerprint density at radius 1 is 1.15 bits per heavy atom. The fourth-order valence-electron chi connectivity index (χ4n) is 4.51. The number of ether oxygens (including phenoxy) is 3. The van der Waals surface area contributed by atoms with Crippen molar-refractivity contribution in [2.75, 3.05) is 26.1 Å². The third kappa shape index (κ3) is 3.94. The fraction of sp³-hybridized carbons (Fsp3) is 0.259. The summed E-state index contributed by atoms with van der Waals surface area (Å²) >= 11 is 0. The molecule has 7 heteroatoms. The van der Waals surface area contributed by atoms with Gasteiger partial charge >= 0.3 is 12.0 Å². The number of rotatable bonds is 7. The fourth-order valence-corrected chi connectivity index (χ4v) is 4.51. The summed E-state index contributed by atoms with van der Waals surface area (Å²) < 4.78 is 18.3. The van der Waals surface area contributed by atoms with Gasteiger partial charge in [-0.05, 0) is 42.3 Å². The number of carbonyl (C=O) groups is 1. The molecule has 7 nitrogen and oxygen atoms in total. The van der Waals surface area contributed by atoms with Crippen molar-refractivity contribution in [3.63, 3.8) is 0 Å². The van der Waals surface area contributed by atoms with Crippen LogP contribution in [0.15, 0.2) is 60.7 Å². The summed E-state index contributed by atoms with van der Waals surface area (Å²) in [7, 11) is 3.05. The Kier molecular flexibility index (Phi) is 5.84. The lowest BCUT2D eigenvalue weighted by atomic mass is 9.97. The molecule has 4 aromatic rings. The Balaban J connectivity index is 1.38. The minimum absolute atomic E-state index is 0.0374. The SMILES string of the molecule is COC(=O)CC1COc2cc(NCc3cccc(-n4c(OC)nc5ccccc54)c3C)ccc21. The van der Waals surface area contributed by atoms with Crippen molar-refractivity contribution >= 4 is 22.7 Å². The average molecular weight is 458 g/mol. The van der Waals surface area contributed by atoms with Gasteiger partial charge in [-0.15, -0.1) is 0 Å². The van der Waals surface area contributed by atoms with Gasteiger partial charge in [0.1, 0.15) is 5.75 Å². The second-order valence-corrected chi connectivity index (χ2v) is 8.38. The number of esters is 1. The van der Waals surface area contributed by atoms with Gasteiger partial charge in [0.05, 0.1) is 44.0 Å². The van der Waals surface area contributed by atoms with E-state index < -0.39 is 0 Å². The Labute approximate surface area is 198 Å². The number of aromatic nitrogens is 2. The number of imidazole rings is 1. The molecule has 3 aromatic carbocycles. The zero-order valence-corrected chi connectivity index (χ0v) is 19.5. The van der Waals surface area contributed by atoms with E-state index in [2.05, 4.69) is 40.0 Å². The number of hydrogen-bond donors (Lipinski definition) is 1. The van der Waals surface area contributed by atoms with Crippen LogP contribution in [0.4, 0.5) is 5.69 Å². The maximum absolute atomic E-state index is 11.7. The largest absolute Gasteiger partial charge is 0.493 e. The maximum Gasteiger partial charge on any atom is 0.306 e. The van der Waals surface area contributed by atoms with Gasteiger partial charge in [-0.3, -0.25) is 9.36 Å². The Morgan fingerprint density at radius 2 is 2.00 bits per heavy atom. The number of hydrogen-bond acceptors (Lipinski definition) is 6. The van der Waals surface area contributed by atoms with Gasteiger partial charge in [-0.25, -0.2) is 0 Å². The summed E-state index contributed by atoms with van der Waals surface area (Å²) in [5.74, 6) is 0.635. The van der Waals surface area contributed by atoms with E-state index >= 15 is 0 Å². The van der Waals surface area contributed by atoms with Crippen LogP contribution in [0.5, 0.6) is 11.8 Å². The van der Waals surface area contributed by atoms with Crippen molar-refractivity contribution in [3.05, 3.63) is 77.4 Å². The van der Waals surface area contributed by atoms with Crippen LogP contribution in [-0.2, 0) is 16.1 Å². The molecule has 0 fully saturated rings. The van der Waals surface area contributed by atoms with E-state index in [1.54, 1.807) is 7.11 Å². The van der Waals surface area contributed by atoms with Crippen LogP contribution in [0.1, 0.15) is 29.0 Å². The lowest BCUT2D eigenvalue weighted by molar-refractivity contribution is -0.141. The van der Waals surface area contributed by atoms with Crippen LogP contribution in [0.2, 0.25) is 0 Å². The first-order valence-electron chi connectivity index (χ1n) is 11.3. The molecule has 34 heavy (non-hydrogen) atoms. The van der Waals surface area contributed by atoms with Crippen LogP contribution in [0, 0.1) is 6.92 Å². The molecule has 0 aliphatic carbocycles. The number of nitrogens with one attached hydrogen (secondary N) is 1. The number of methoxy groups -OCH3 is 2. The molecule has 1 unspecified atom stereocenters. The molecule has 174 valence electrons. The first-order chi connectivity index (χ1) is 16.6. The van der Waals surface area contributed by atoms with Gasteiger partial charge in [0, 0.05) is 29.8 Å². The van der Waals surface area contributed by atoms with Gasteiger partial charge in [0.25, 0.3) is 0 Å². The smallest absolute Gasteiger partial charge is 0.306 e. The minimum Gasteiger partial charge on any atom is -0.493 e. The van der Waals surface area contributed by atoms with E-state index in [1.165, 1.54) is 12.7 Å². The predicted molar refractivity (Wildman–Crippen MR) is 131 cm³/mol. The van der Waals surface area contributed by atoms with E-state index in [1.807, 2.05) is 42.5 Å². The molecule has 1 aromatic heterocycles. The molecule has 1 aliphatic rings. The van der Waals surface area contributed by atoms with Gasteiger partial charge in [-0.1, -0.05) is 30.3 Å². The van der Waals surface area contributed by atoms with Gasteiger partial charge in [0.2, 0.25) is 0 Å². The summed E-state index contributed by atoms with van der Waals surface area (Å²) in [4.78, 5) is 16.3. The summed E-state index contributed by atoms with van der Waals surface area (Å²) in [6.07, 6.45) is 0.328. The highest BCUT2D eigenvalue weighted by molar-refractivity contribution is 5.79. The average Bonchev–Trinajstić information content (AvgIpc) is 3.44. The lowest BCUT2D eigenvalue weighted by Crippen LogP contribution is -2.09. The molecule has 0 amide bonds. The number of fused-ring (bicyclic) bond motifs is 2. The standard InChI is InChI=1S/C27H27N3O4/c1-17-18(7-6-10-23(17)30-24-9-5-4-8-22(24)29-27(30)33-3)15-28-20-11-12-21-19(13-26(31)32-2)16-34-25(21)14-20/h4-12,14,19,28H,13,15-16H2,1-3H3. The van der Waals surface area contributed by atoms with E-state index in [0.29, 0.717) is 25.6 Å². The van der Waals surface area contributed by atoms with E-state index in [9.17, 15) is 4.79 Å². The summed E-state index contributed by atoms with van der Waals surface area (Å²) in [6, 6.07) is 20.9. The molecule has 1 N–H and O–H groups in total. The highest BCUT2D eigenvalue weighted by Gasteiger charge is 2.27. The number of para-hydroxylation sites is 2. The van der Waals surface area contributed by atoms with Crippen molar-refractivity contribution in [2.24, 2.45) is 0 Å². The van der Waals surface area contributed by atoms with E-state index in [-0.39, 0.29) is 11.9 Å². The predicted octanol–water partition coefficient (Wildman–Crippen LogP) is 4.99. The van der Waals surface area contributed by atoms with E-state index in [0.717, 1.165) is 39.3 Å². The van der Waals surface area contributed by atoms with Crippen LogP contribution >= 0.6 is 0 Å². The number of anilines is 1. The van der Waals surface area contributed by atoms with Crippen molar-refractivity contribution in [2.45, 2.75) is 25.8 Å². The molecular weight excluding hydrogens is 430 g/mol. The van der Waals surface area contributed by atoms with Crippen LogP contribution in [-0.4, -0.2) is 36.3 Å². The summed E-state index contributed by atoms with van der Waals surface area (Å²) in [5, 5.41) is 3.51. The highest BCUT2D eigenvalue weighted by atomic mass is 16.5. The third-order valence-corrected chi connectivity index (χ3v) is 6.39. The lowest BCUT2D eigenvalue weighted by Gasteiger charge is -2.16. The Morgan fingerprint density at radius 3 is 2.82 bits per heavy atom. The number of benzene rings is 3. The molecule has 5 rings (SSSR count). The topological polar surface area (TPSA) is 74.6 Å². The highest BCUT2D eigenvalue weighted by Crippen LogP contribution is 2.38. The summed E-state index contributed by atoms with van der Waals surface area (Å²) in [6.45, 7) is 3.26. The van der Waals surface area contributed by atoms with Gasteiger partial charge in [0.15, 0.2) is 0 Å². The van der Waals surface area contributed by atoms with Gasteiger partial charge in [-0.2, -0.15) is 4.98 Å². The van der Waals surface area contributed by atoms with Crippen LogP contribution < -0.4 is 14.8 Å². The van der Waals surface area contributed by atoms with E-state index in [4.69, 9.17) is 14.2 Å². The van der Waals surface area contributed by atoms with Gasteiger partial charge < -0.3 is 19.5 Å². The first kappa shape index (κ1) is 21.8. The molecule has 2 heterocycles.